The van der Waals surface area contributed by atoms with Crippen LogP contribution in [0.25, 0.3) is 11.4 Å². The molecule has 0 spiro atoms. The molecule has 0 saturated heterocycles. The van der Waals surface area contributed by atoms with E-state index in [1.54, 1.807) is 19.9 Å². The number of benzene rings is 1. The largest absolute Gasteiger partial charge is 0.337 e. The molecule has 142 valence electrons. The van der Waals surface area contributed by atoms with Gasteiger partial charge in [-0.2, -0.15) is 5.26 Å². The molecule has 7 heteroatoms. The molecule has 0 aliphatic carbocycles. The fourth-order valence-corrected chi connectivity index (χ4v) is 3.20. The Balaban J connectivity index is 2.22. The highest BCUT2D eigenvalue weighted by molar-refractivity contribution is 8.00. The molecule has 0 bridgehead atoms. The van der Waals surface area contributed by atoms with Gasteiger partial charge < -0.3 is 5.32 Å². The molecule has 2 aromatic rings. The number of nitriles is 1. The van der Waals surface area contributed by atoms with Gasteiger partial charge in [0.2, 0.25) is 5.91 Å². The van der Waals surface area contributed by atoms with Gasteiger partial charge in [0, 0.05) is 12.1 Å². The number of carbonyl (C=O) groups excluding carboxylic acids is 1. The van der Waals surface area contributed by atoms with Gasteiger partial charge in [0.25, 0.3) is 0 Å². The van der Waals surface area contributed by atoms with Crippen LogP contribution in [0.4, 0.5) is 0 Å². The van der Waals surface area contributed by atoms with E-state index >= 15 is 0 Å². The molecule has 1 aromatic carbocycles. The summed E-state index contributed by atoms with van der Waals surface area (Å²) in [6.45, 7) is 11.7. The number of rotatable bonds is 8. The average Bonchev–Trinajstić information content (AvgIpc) is 3.04. The molecule has 2 rings (SSSR count). The zero-order chi connectivity index (χ0) is 20.0. The van der Waals surface area contributed by atoms with Crippen molar-refractivity contribution >= 4 is 17.7 Å². The lowest BCUT2D eigenvalue weighted by molar-refractivity contribution is -0.121. The van der Waals surface area contributed by atoms with Crippen LogP contribution < -0.4 is 5.32 Å². The Hall–Kier alpha value is -2.59. The average molecular weight is 384 g/mol. The predicted octanol–water partition coefficient (Wildman–Crippen LogP) is 3.67. The first kappa shape index (κ1) is 20.7. The topological polar surface area (TPSA) is 83.6 Å². The van der Waals surface area contributed by atoms with Crippen molar-refractivity contribution < 1.29 is 4.79 Å². The third kappa shape index (κ3) is 4.77. The van der Waals surface area contributed by atoms with Gasteiger partial charge in [0.15, 0.2) is 11.0 Å². The second kappa shape index (κ2) is 8.87. The molecule has 27 heavy (non-hydrogen) atoms. The molecule has 0 saturated carbocycles. The van der Waals surface area contributed by atoms with E-state index in [9.17, 15) is 10.1 Å². The Bertz CT molecular complexity index is 840. The minimum absolute atomic E-state index is 0.00208. The lowest BCUT2D eigenvalue weighted by atomic mass is 9.90. The molecule has 0 aliphatic rings. The second-order valence-corrected chi connectivity index (χ2v) is 8.10. The summed E-state index contributed by atoms with van der Waals surface area (Å²) >= 11 is 1.32. The maximum Gasteiger partial charge on any atom is 0.234 e. The Kier molecular flexibility index (Phi) is 6.81. The highest BCUT2D eigenvalue weighted by Crippen LogP contribution is 2.27. The fraction of sp³-hybridized carbons (Fsp3) is 0.400. The first-order chi connectivity index (χ1) is 12.8. The number of hydrogen-bond donors (Lipinski definition) is 1. The Morgan fingerprint density at radius 3 is 2.59 bits per heavy atom. The number of aromatic nitrogens is 3. The summed E-state index contributed by atoms with van der Waals surface area (Å²) in [7, 11) is 0. The minimum atomic E-state index is -0.907. The number of carbonyl (C=O) groups is 1. The van der Waals surface area contributed by atoms with Crippen molar-refractivity contribution in [3.05, 3.63) is 43.0 Å². The normalized spacial score (nSPS) is 14.2. The van der Waals surface area contributed by atoms with E-state index in [2.05, 4.69) is 28.2 Å². The van der Waals surface area contributed by atoms with Crippen LogP contribution in [0.2, 0.25) is 0 Å². The summed E-state index contributed by atoms with van der Waals surface area (Å²) in [5.74, 6) is 0.527. The summed E-state index contributed by atoms with van der Waals surface area (Å²) in [5, 5.41) is 21.0. The summed E-state index contributed by atoms with van der Waals surface area (Å²) in [6, 6.07) is 12.0. The van der Waals surface area contributed by atoms with E-state index in [0.717, 1.165) is 11.4 Å². The summed E-state index contributed by atoms with van der Waals surface area (Å²) in [5.41, 5.74) is 0.0447. The molecule has 6 nitrogen and oxygen atoms in total. The molecule has 0 radical (unpaired) electrons. The summed E-state index contributed by atoms with van der Waals surface area (Å²) in [4.78, 5) is 12.6. The minimum Gasteiger partial charge on any atom is -0.337 e. The third-order valence-electron chi connectivity index (χ3n) is 4.48. The highest BCUT2D eigenvalue weighted by atomic mass is 32.2. The zero-order valence-electron chi connectivity index (χ0n) is 16.1. The van der Waals surface area contributed by atoms with Crippen molar-refractivity contribution in [1.29, 1.82) is 5.26 Å². The number of nitrogens with zero attached hydrogens (tertiary/aromatic N) is 4. The van der Waals surface area contributed by atoms with E-state index in [1.165, 1.54) is 11.8 Å². The Morgan fingerprint density at radius 1 is 1.37 bits per heavy atom. The van der Waals surface area contributed by atoms with Gasteiger partial charge in [0.1, 0.15) is 5.54 Å². The van der Waals surface area contributed by atoms with Crippen molar-refractivity contribution in [3.8, 4) is 17.5 Å². The van der Waals surface area contributed by atoms with E-state index in [1.807, 2.05) is 48.7 Å². The van der Waals surface area contributed by atoms with Crippen molar-refractivity contribution in [3.63, 3.8) is 0 Å². The van der Waals surface area contributed by atoms with E-state index in [-0.39, 0.29) is 11.8 Å². The molecule has 1 N–H and O–H groups in total. The van der Waals surface area contributed by atoms with E-state index in [4.69, 9.17) is 0 Å². The molecule has 2 atom stereocenters. The Morgan fingerprint density at radius 2 is 2.04 bits per heavy atom. The number of nitrogens with one attached hydrogen (secondary N) is 1. The van der Waals surface area contributed by atoms with Gasteiger partial charge in [-0.1, -0.05) is 62.0 Å². The molecular formula is C20H25N5OS. The van der Waals surface area contributed by atoms with Crippen LogP contribution >= 0.6 is 11.8 Å². The second-order valence-electron chi connectivity index (χ2n) is 6.79. The van der Waals surface area contributed by atoms with Crippen LogP contribution in [0.1, 0.15) is 27.7 Å². The van der Waals surface area contributed by atoms with Gasteiger partial charge in [-0.25, -0.2) is 0 Å². The highest BCUT2D eigenvalue weighted by Gasteiger charge is 2.32. The van der Waals surface area contributed by atoms with E-state index < -0.39 is 10.8 Å². The summed E-state index contributed by atoms with van der Waals surface area (Å²) < 4.78 is 1.93. The lowest BCUT2D eigenvalue weighted by Crippen LogP contribution is -2.51. The van der Waals surface area contributed by atoms with Crippen LogP contribution in [-0.2, 0) is 11.3 Å². The van der Waals surface area contributed by atoms with Crippen LogP contribution in [0, 0.1) is 17.2 Å². The smallest absolute Gasteiger partial charge is 0.234 e. The summed E-state index contributed by atoms with van der Waals surface area (Å²) in [6.07, 6.45) is 1.77. The van der Waals surface area contributed by atoms with Gasteiger partial charge in [0.05, 0.1) is 11.3 Å². The Labute approximate surface area is 164 Å². The molecule has 0 aliphatic heterocycles. The molecule has 0 unspecified atom stereocenters. The molecular weight excluding hydrogens is 358 g/mol. The SMILES string of the molecule is C=CCn1c(S[C@H](C)C(=O)N[C@](C)(C#N)C(C)C)nnc1-c1ccccc1. The molecule has 1 aromatic heterocycles. The van der Waals surface area contributed by atoms with Crippen molar-refractivity contribution in [2.24, 2.45) is 5.92 Å². The quantitative estimate of drug-likeness (QED) is 0.555. The number of thioether (sulfide) groups is 1. The first-order valence-electron chi connectivity index (χ1n) is 8.81. The first-order valence-corrected chi connectivity index (χ1v) is 9.69. The fourth-order valence-electron chi connectivity index (χ4n) is 2.34. The van der Waals surface area contributed by atoms with Crippen molar-refractivity contribution in [2.45, 2.75) is 50.2 Å². The number of allylic oxidation sites excluding steroid dienone is 1. The zero-order valence-corrected chi connectivity index (χ0v) is 17.0. The predicted molar refractivity (Wildman–Crippen MR) is 108 cm³/mol. The van der Waals surface area contributed by atoms with Gasteiger partial charge in [-0.15, -0.1) is 16.8 Å². The standard InChI is InChI=1S/C20H25N5OS/c1-6-12-25-17(16-10-8-7-9-11-16)23-24-19(25)27-15(4)18(26)22-20(5,13-21)14(2)3/h6-11,14-15H,1,12H2,2-5H3,(H,22,26)/t15-,20-/m1/s1. The maximum atomic E-state index is 12.6. The van der Waals surface area contributed by atoms with Crippen molar-refractivity contribution in [1.82, 2.24) is 20.1 Å². The van der Waals surface area contributed by atoms with Crippen LogP contribution in [0.15, 0.2) is 48.1 Å². The molecule has 1 amide bonds. The van der Waals surface area contributed by atoms with Gasteiger partial charge >= 0.3 is 0 Å². The lowest BCUT2D eigenvalue weighted by Gasteiger charge is -2.28. The van der Waals surface area contributed by atoms with Gasteiger partial charge in [-0.3, -0.25) is 9.36 Å². The molecule has 0 fully saturated rings. The van der Waals surface area contributed by atoms with Crippen LogP contribution in [0.5, 0.6) is 0 Å². The molecule has 1 heterocycles. The van der Waals surface area contributed by atoms with Crippen molar-refractivity contribution in [2.75, 3.05) is 0 Å². The third-order valence-corrected chi connectivity index (χ3v) is 5.56. The maximum absolute atomic E-state index is 12.6. The van der Waals surface area contributed by atoms with E-state index in [0.29, 0.717) is 11.7 Å². The van der Waals surface area contributed by atoms with Crippen LogP contribution in [-0.4, -0.2) is 31.5 Å². The number of hydrogen-bond acceptors (Lipinski definition) is 5. The number of amides is 1. The van der Waals surface area contributed by atoms with Crippen LogP contribution in [0.3, 0.4) is 0 Å². The van der Waals surface area contributed by atoms with Gasteiger partial charge in [-0.05, 0) is 19.8 Å². The monoisotopic (exact) mass is 383 g/mol.